The third kappa shape index (κ3) is 6.05. The minimum absolute atomic E-state index is 0.119. The fourth-order valence-electron chi connectivity index (χ4n) is 2.91. The first kappa shape index (κ1) is 21.3. The van der Waals surface area contributed by atoms with Crippen molar-refractivity contribution in [1.82, 2.24) is 5.32 Å². The summed E-state index contributed by atoms with van der Waals surface area (Å²) in [6, 6.07) is 12.9. The Balaban J connectivity index is 1.42. The second-order valence-electron chi connectivity index (χ2n) is 6.75. The molecule has 2 N–H and O–H groups in total. The quantitative estimate of drug-likeness (QED) is 0.646. The summed E-state index contributed by atoms with van der Waals surface area (Å²) in [6.45, 7) is 0.828. The molecule has 0 bridgehead atoms. The van der Waals surface area contributed by atoms with Gasteiger partial charge in [-0.05, 0) is 61.4 Å². The summed E-state index contributed by atoms with van der Waals surface area (Å²) in [5, 5.41) is 5.12. The van der Waals surface area contributed by atoms with Crippen LogP contribution < -0.4 is 15.4 Å². The molecule has 1 aliphatic heterocycles. The molecule has 8 heteroatoms. The first-order chi connectivity index (χ1) is 14.5. The molecule has 0 radical (unpaired) electrons. The molecule has 1 fully saturated rings. The van der Waals surface area contributed by atoms with E-state index in [1.165, 1.54) is 0 Å². The number of amides is 2. The van der Waals surface area contributed by atoms with Crippen LogP contribution in [0.25, 0.3) is 0 Å². The number of esters is 1. The van der Waals surface area contributed by atoms with Crippen LogP contribution in [0.15, 0.2) is 48.5 Å². The van der Waals surface area contributed by atoms with Gasteiger partial charge in [0.25, 0.3) is 11.8 Å². The van der Waals surface area contributed by atoms with Gasteiger partial charge in [-0.1, -0.05) is 0 Å². The van der Waals surface area contributed by atoms with E-state index in [1.54, 1.807) is 55.6 Å². The maximum absolute atomic E-state index is 12.1. The van der Waals surface area contributed by atoms with Gasteiger partial charge in [-0.2, -0.15) is 0 Å². The molecule has 2 aromatic carbocycles. The van der Waals surface area contributed by atoms with Gasteiger partial charge >= 0.3 is 5.97 Å². The summed E-state index contributed by atoms with van der Waals surface area (Å²) in [4.78, 5) is 35.6. The van der Waals surface area contributed by atoms with Gasteiger partial charge < -0.3 is 24.8 Å². The first-order valence-electron chi connectivity index (χ1n) is 9.69. The predicted molar refractivity (Wildman–Crippen MR) is 110 cm³/mol. The van der Waals surface area contributed by atoms with E-state index in [4.69, 9.17) is 14.2 Å². The van der Waals surface area contributed by atoms with E-state index in [2.05, 4.69) is 10.6 Å². The molecular formula is C22H24N2O6. The lowest BCUT2D eigenvalue weighted by Crippen LogP contribution is -2.21. The lowest BCUT2D eigenvalue weighted by atomic mass is 10.2. The Hall–Kier alpha value is -3.39. The zero-order chi connectivity index (χ0) is 21.3. The lowest BCUT2D eigenvalue weighted by Gasteiger charge is -2.11. The van der Waals surface area contributed by atoms with Crippen molar-refractivity contribution in [2.75, 3.05) is 32.2 Å². The summed E-state index contributed by atoms with van der Waals surface area (Å²) in [5.41, 5.74) is 1.30. The molecule has 8 nitrogen and oxygen atoms in total. The highest BCUT2D eigenvalue weighted by Crippen LogP contribution is 2.17. The highest BCUT2D eigenvalue weighted by atomic mass is 16.5. The van der Waals surface area contributed by atoms with E-state index >= 15 is 0 Å². The van der Waals surface area contributed by atoms with Gasteiger partial charge in [-0.3, -0.25) is 9.59 Å². The van der Waals surface area contributed by atoms with Gasteiger partial charge in [0.2, 0.25) is 0 Å². The van der Waals surface area contributed by atoms with Crippen LogP contribution in [0.5, 0.6) is 5.75 Å². The Kier molecular flexibility index (Phi) is 7.40. The fraction of sp³-hybridized carbons (Fsp3) is 0.318. The van der Waals surface area contributed by atoms with Crippen molar-refractivity contribution in [2.24, 2.45) is 0 Å². The Labute approximate surface area is 174 Å². The zero-order valence-electron chi connectivity index (χ0n) is 16.7. The van der Waals surface area contributed by atoms with Gasteiger partial charge in [0.05, 0.1) is 11.7 Å². The van der Waals surface area contributed by atoms with Crippen LogP contribution in [-0.2, 0) is 14.3 Å². The van der Waals surface area contributed by atoms with Crippen molar-refractivity contribution in [2.45, 2.75) is 18.9 Å². The maximum Gasteiger partial charge on any atom is 0.338 e. The van der Waals surface area contributed by atoms with Crippen LogP contribution in [0, 0.1) is 0 Å². The van der Waals surface area contributed by atoms with Crippen LogP contribution in [0.1, 0.15) is 33.6 Å². The second kappa shape index (κ2) is 10.4. The molecule has 1 saturated heterocycles. The first-order valence-corrected chi connectivity index (χ1v) is 9.69. The standard InChI is InChI=1S/C22H24N2O6/c1-23-21(26)15-4-8-17(9-5-15)24-20(25)14-30-22(27)16-6-10-18(11-7-16)29-13-19-3-2-12-28-19/h4-11,19H,2-3,12-14H2,1H3,(H,23,26)(H,24,25). The number of anilines is 1. The molecule has 0 spiro atoms. The number of carbonyl (C=O) groups excluding carboxylic acids is 3. The molecule has 0 saturated carbocycles. The van der Waals surface area contributed by atoms with E-state index in [1.807, 2.05) is 0 Å². The molecule has 0 aliphatic carbocycles. The highest BCUT2D eigenvalue weighted by molar-refractivity contribution is 5.97. The Morgan fingerprint density at radius 1 is 1.03 bits per heavy atom. The molecule has 0 aromatic heterocycles. The fourth-order valence-corrected chi connectivity index (χ4v) is 2.91. The van der Waals surface area contributed by atoms with E-state index in [9.17, 15) is 14.4 Å². The summed E-state index contributed by atoms with van der Waals surface area (Å²) < 4.78 is 16.2. The predicted octanol–water partition coefficient (Wildman–Crippen LogP) is 2.40. The average molecular weight is 412 g/mol. The molecule has 2 amide bonds. The monoisotopic (exact) mass is 412 g/mol. The Bertz CT molecular complexity index is 874. The molecule has 1 heterocycles. The lowest BCUT2D eigenvalue weighted by molar-refractivity contribution is -0.119. The van der Waals surface area contributed by atoms with E-state index in [0.29, 0.717) is 29.2 Å². The largest absolute Gasteiger partial charge is 0.491 e. The van der Waals surface area contributed by atoms with Crippen LogP contribution in [0.4, 0.5) is 5.69 Å². The smallest absolute Gasteiger partial charge is 0.338 e. The normalized spacial score (nSPS) is 15.3. The summed E-state index contributed by atoms with van der Waals surface area (Å²) >= 11 is 0. The number of ether oxygens (including phenoxy) is 3. The topological polar surface area (TPSA) is 103 Å². The van der Waals surface area contributed by atoms with E-state index in [-0.39, 0.29) is 12.0 Å². The molecular weight excluding hydrogens is 388 g/mol. The Morgan fingerprint density at radius 2 is 1.73 bits per heavy atom. The highest BCUT2D eigenvalue weighted by Gasteiger charge is 2.16. The molecule has 1 atom stereocenters. The molecule has 3 rings (SSSR count). The second-order valence-corrected chi connectivity index (χ2v) is 6.75. The van der Waals surface area contributed by atoms with Gasteiger partial charge in [0.1, 0.15) is 12.4 Å². The molecule has 2 aromatic rings. The van der Waals surface area contributed by atoms with Crippen molar-refractivity contribution in [3.05, 3.63) is 59.7 Å². The summed E-state index contributed by atoms with van der Waals surface area (Å²) in [5.74, 6) is -0.663. The van der Waals surface area contributed by atoms with E-state index < -0.39 is 18.5 Å². The number of benzene rings is 2. The molecule has 158 valence electrons. The molecule has 1 unspecified atom stereocenters. The van der Waals surface area contributed by atoms with Crippen molar-refractivity contribution in [3.8, 4) is 5.75 Å². The van der Waals surface area contributed by atoms with Crippen molar-refractivity contribution < 1.29 is 28.6 Å². The van der Waals surface area contributed by atoms with Gasteiger partial charge in [-0.25, -0.2) is 4.79 Å². The number of carbonyl (C=O) groups is 3. The molecule has 30 heavy (non-hydrogen) atoms. The number of hydrogen-bond acceptors (Lipinski definition) is 6. The third-order valence-corrected chi connectivity index (χ3v) is 4.54. The zero-order valence-corrected chi connectivity index (χ0v) is 16.7. The van der Waals surface area contributed by atoms with Crippen molar-refractivity contribution in [3.63, 3.8) is 0 Å². The average Bonchev–Trinajstić information content (AvgIpc) is 3.30. The number of rotatable bonds is 8. The van der Waals surface area contributed by atoms with Crippen LogP contribution in [0.2, 0.25) is 0 Å². The van der Waals surface area contributed by atoms with Crippen molar-refractivity contribution >= 4 is 23.5 Å². The van der Waals surface area contributed by atoms with Gasteiger partial charge in [-0.15, -0.1) is 0 Å². The summed E-state index contributed by atoms with van der Waals surface area (Å²) in [6.07, 6.45) is 2.16. The minimum Gasteiger partial charge on any atom is -0.491 e. The minimum atomic E-state index is -0.606. The van der Waals surface area contributed by atoms with Crippen LogP contribution in [-0.4, -0.2) is 50.8 Å². The maximum atomic E-state index is 12.1. The van der Waals surface area contributed by atoms with Crippen LogP contribution >= 0.6 is 0 Å². The van der Waals surface area contributed by atoms with Gasteiger partial charge in [0, 0.05) is 24.9 Å². The van der Waals surface area contributed by atoms with Crippen LogP contribution in [0.3, 0.4) is 0 Å². The molecule has 1 aliphatic rings. The van der Waals surface area contributed by atoms with E-state index in [0.717, 1.165) is 19.4 Å². The number of nitrogens with one attached hydrogen (secondary N) is 2. The van der Waals surface area contributed by atoms with Gasteiger partial charge in [0.15, 0.2) is 6.61 Å². The van der Waals surface area contributed by atoms with Crippen molar-refractivity contribution in [1.29, 1.82) is 0 Å². The number of hydrogen-bond donors (Lipinski definition) is 2. The summed E-state index contributed by atoms with van der Waals surface area (Å²) in [7, 11) is 1.54. The SMILES string of the molecule is CNC(=O)c1ccc(NC(=O)COC(=O)c2ccc(OCC3CCCO3)cc2)cc1. The third-order valence-electron chi connectivity index (χ3n) is 4.54. The Morgan fingerprint density at radius 3 is 2.37 bits per heavy atom.